The molecule has 0 aliphatic heterocycles. The topological polar surface area (TPSA) is 44.8 Å². The molecule has 3 atom stereocenters. The number of benzene rings is 3. The van der Waals surface area contributed by atoms with E-state index in [1.54, 1.807) is 0 Å². The van der Waals surface area contributed by atoms with Crippen molar-refractivity contribution in [2.75, 3.05) is 0 Å². The molecular weight excluding hydrogens is 744 g/mol. The van der Waals surface area contributed by atoms with E-state index in [1.807, 2.05) is 0 Å². The van der Waals surface area contributed by atoms with Crippen LogP contribution in [0.2, 0.25) is 0 Å². The van der Waals surface area contributed by atoms with E-state index in [4.69, 9.17) is 13.6 Å². The lowest BCUT2D eigenvalue weighted by molar-refractivity contribution is 0.0253. The van der Waals surface area contributed by atoms with Gasteiger partial charge < -0.3 is 0 Å². The minimum Gasteiger partial charge on any atom is -0.279 e. The predicted molar refractivity (Wildman–Crippen MR) is 256 cm³/mol. The monoisotopic (exact) mass is 831 g/mol. The van der Waals surface area contributed by atoms with E-state index in [1.165, 1.54) is 50.1 Å². The smallest absolute Gasteiger partial charge is 0.279 e. The number of phosphoric ester groups is 1. The molecule has 3 aromatic carbocycles. The molecule has 0 aromatic heterocycles. The van der Waals surface area contributed by atoms with Gasteiger partial charge in [-0.15, -0.1) is 0 Å². The van der Waals surface area contributed by atoms with Crippen molar-refractivity contribution in [2.24, 2.45) is 0 Å². The van der Waals surface area contributed by atoms with Gasteiger partial charge in [0.2, 0.25) is 0 Å². The van der Waals surface area contributed by atoms with E-state index in [0.29, 0.717) is 54.8 Å². The molecule has 0 saturated carbocycles. The zero-order chi connectivity index (χ0) is 44.8. The maximum absolute atomic E-state index is 16.2. The van der Waals surface area contributed by atoms with E-state index < -0.39 is 26.1 Å². The molecule has 5 heteroatoms. The fourth-order valence-electron chi connectivity index (χ4n) is 9.82. The molecule has 0 aliphatic carbocycles. The summed E-state index contributed by atoms with van der Waals surface area (Å²) in [5, 5.41) is 0. The molecule has 0 bridgehead atoms. The Bertz CT molecular complexity index is 1650. The van der Waals surface area contributed by atoms with Gasteiger partial charge in [0.15, 0.2) is 0 Å². The van der Waals surface area contributed by atoms with Crippen LogP contribution in [0.1, 0.15) is 303 Å². The van der Waals surface area contributed by atoms with Crippen LogP contribution in [0.25, 0.3) is 0 Å². The van der Waals surface area contributed by atoms with Gasteiger partial charge in [0.05, 0.1) is 18.3 Å². The highest BCUT2D eigenvalue weighted by molar-refractivity contribution is 7.48. The third-order valence-corrected chi connectivity index (χ3v) is 13.9. The summed E-state index contributed by atoms with van der Waals surface area (Å²) in [6.07, 6.45) is 0.384. The van der Waals surface area contributed by atoms with Crippen LogP contribution in [-0.4, -0.2) is 0 Å². The van der Waals surface area contributed by atoms with Crippen molar-refractivity contribution in [3.8, 4) is 0 Å². The van der Waals surface area contributed by atoms with Crippen LogP contribution in [0.3, 0.4) is 0 Å². The molecule has 0 fully saturated rings. The lowest BCUT2D eigenvalue weighted by atomic mass is 9.79. The molecule has 0 spiro atoms. The van der Waals surface area contributed by atoms with Crippen molar-refractivity contribution < 1.29 is 18.1 Å². The van der Waals surface area contributed by atoms with Crippen LogP contribution in [0.15, 0.2) is 36.4 Å². The van der Waals surface area contributed by atoms with E-state index in [0.717, 1.165) is 16.7 Å². The second kappa shape index (κ2) is 21.7. The van der Waals surface area contributed by atoms with Crippen LogP contribution in [0.5, 0.6) is 0 Å². The molecule has 4 nitrogen and oxygen atoms in total. The van der Waals surface area contributed by atoms with Crippen molar-refractivity contribution in [1.29, 1.82) is 0 Å². The third-order valence-electron chi connectivity index (χ3n) is 12.3. The Hall–Kier alpha value is -2.23. The molecule has 0 N–H and O–H groups in total. The molecule has 332 valence electrons. The quantitative estimate of drug-likeness (QED) is 0.100. The maximum atomic E-state index is 16.2. The minimum atomic E-state index is -4.29. The standard InChI is InChI=1S/C54H87O4P/c1-22-46(43-28-25-40(31(4)5)49(34(10)11)52(43)37(16)17)56-59(55,57-47(23-2)44-29-26-41(32(6)7)50(35(12)13)53(44)38(18)19)58-48(24-3)45-30-27-42(33(8)9)51(36(14)15)54(45)39(20)21/h25-39,46-48H,22-24H2,1-21H3. The normalized spacial score (nSPS) is 15.3. The van der Waals surface area contributed by atoms with Gasteiger partial charge in [-0.25, -0.2) is 4.57 Å². The number of hydrogen-bond acceptors (Lipinski definition) is 4. The Labute approximate surface area is 364 Å². The highest BCUT2D eigenvalue weighted by Gasteiger charge is 2.40. The van der Waals surface area contributed by atoms with Gasteiger partial charge in [-0.1, -0.05) is 182 Å². The molecule has 0 radical (unpaired) electrons. The summed E-state index contributed by atoms with van der Waals surface area (Å²) in [6.45, 7) is 47.4. The van der Waals surface area contributed by atoms with Crippen molar-refractivity contribution in [1.82, 2.24) is 0 Å². The Balaban J connectivity index is 2.42. The van der Waals surface area contributed by atoms with Crippen LogP contribution >= 0.6 is 7.82 Å². The molecule has 0 amide bonds. The molecule has 0 aliphatic rings. The second-order valence-electron chi connectivity index (χ2n) is 20.1. The predicted octanol–water partition coefficient (Wildman–Crippen LogP) is 18.7. The first-order valence-corrected chi connectivity index (χ1v) is 25.1. The fraction of sp³-hybridized carbons (Fsp3) is 0.667. The van der Waals surface area contributed by atoms with Gasteiger partial charge in [0, 0.05) is 0 Å². The molecule has 3 rings (SSSR count). The fourth-order valence-corrected chi connectivity index (χ4v) is 11.7. The maximum Gasteiger partial charge on any atom is 0.476 e. The molecule has 3 aromatic rings. The minimum absolute atomic E-state index is 0.247. The molecule has 59 heavy (non-hydrogen) atoms. The number of hydrogen-bond donors (Lipinski definition) is 0. The van der Waals surface area contributed by atoms with E-state index in [-0.39, 0.29) is 17.8 Å². The summed E-state index contributed by atoms with van der Waals surface area (Å²) in [6, 6.07) is 13.5. The van der Waals surface area contributed by atoms with Gasteiger partial charge in [-0.3, -0.25) is 13.6 Å². The lowest BCUT2D eigenvalue weighted by Gasteiger charge is -2.35. The summed E-state index contributed by atoms with van der Waals surface area (Å²) in [5.41, 5.74) is 15.4. The summed E-state index contributed by atoms with van der Waals surface area (Å²) in [7, 11) is -4.29. The number of rotatable bonds is 21. The van der Waals surface area contributed by atoms with Gasteiger partial charge >= 0.3 is 7.82 Å². The molecule has 3 unspecified atom stereocenters. The van der Waals surface area contributed by atoms with Crippen molar-refractivity contribution in [3.63, 3.8) is 0 Å². The van der Waals surface area contributed by atoms with Gasteiger partial charge in [0.25, 0.3) is 0 Å². The second-order valence-corrected chi connectivity index (χ2v) is 21.6. The lowest BCUT2D eigenvalue weighted by Crippen LogP contribution is -2.18. The molecule has 0 heterocycles. The zero-order valence-corrected chi connectivity index (χ0v) is 42.5. The van der Waals surface area contributed by atoms with E-state index in [2.05, 4.69) is 182 Å². The summed E-state index contributed by atoms with van der Waals surface area (Å²) < 4.78 is 37.5. The highest BCUT2D eigenvalue weighted by Crippen LogP contribution is 2.62. The van der Waals surface area contributed by atoms with Crippen molar-refractivity contribution in [3.05, 3.63) is 103 Å². The molecular formula is C54H87O4P. The van der Waals surface area contributed by atoms with Crippen molar-refractivity contribution in [2.45, 2.75) is 236 Å². The van der Waals surface area contributed by atoms with E-state index >= 15 is 4.57 Å². The third kappa shape index (κ3) is 11.6. The van der Waals surface area contributed by atoms with Crippen LogP contribution < -0.4 is 0 Å². The Morgan fingerprint density at radius 1 is 0.322 bits per heavy atom. The Morgan fingerprint density at radius 3 is 0.644 bits per heavy atom. The Morgan fingerprint density at radius 2 is 0.492 bits per heavy atom. The first-order valence-electron chi connectivity index (χ1n) is 23.6. The average molecular weight is 831 g/mol. The zero-order valence-electron chi connectivity index (χ0n) is 41.6. The van der Waals surface area contributed by atoms with Crippen LogP contribution in [0.4, 0.5) is 0 Å². The van der Waals surface area contributed by atoms with Gasteiger partial charge in [-0.05, 0) is 139 Å². The largest absolute Gasteiger partial charge is 0.476 e. The first kappa shape index (κ1) is 51.1. The van der Waals surface area contributed by atoms with Crippen LogP contribution in [-0.2, 0) is 18.1 Å². The SMILES string of the molecule is CCC(OP(=O)(OC(CC)c1ccc(C(C)C)c(C(C)C)c1C(C)C)OC(CC)c1ccc(C(C)C)c(C(C)C)c1C(C)C)c1ccc(C(C)C)c(C(C)C)c1C(C)C. The average Bonchev–Trinajstić information content (AvgIpc) is 3.15. The molecule has 0 saturated heterocycles. The number of phosphoric acid groups is 1. The van der Waals surface area contributed by atoms with E-state index in [9.17, 15) is 0 Å². The van der Waals surface area contributed by atoms with Crippen LogP contribution in [0, 0.1) is 0 Å². The van der Waals surface area contributed by atoms with Gasteiger partial charge in [0.1, 0.15) is 0 Å². The summed E-state index contributed by atoms with van der Waals surface area (Å²) >= 11 is 0. The highest BCUT2D eigenvalue weighted by atomic mass is 31.2. The summed E-state index contributed by atoms with van der Waals surface area (Å²) in [5.74, 6) is 2.87. The van der Waals surface area contributed by atoms with Gasteiger partial charge in [-0.2, -0.15) is 0 Å². The first-order chi connectivity index (χ1) is 27.5. The van der Waals surface area contributed by atoms with Crippen molar-refractivity contribution >= 4 is 7.82 Å². The Kier molecular flexibility index (Phi) is 18.8. The summed E-state index contributed by atoms with van der Waals surface area (Å²) in [4.78, 5) is 0.